The Balaban J connectivity index is 2.33. The third-order valence-corrected chi connectivity index (χ3v) is 2.17. The first-order valence-electron chi connectivity index (χ1n) is 5.14. The lowest BCUT2D eigenvalue weighted by Gasteiger charge is -1.98. The number of hydrogen-bond donors (Lipinski definition) is 0. The fraction of sp³-hybridized carbons (Fsp3) is 0.167. The monoisotopic (exact) mass is 233 g/mol. The highest BCUT2D eigenvalue weighted by atomic mass is 19.1. The molecule has 0 saturated heterocycles. The number of halogens is 1. The summed E-state index contributed by atoms with van der Waals surface area (Å²) in [6, 6.07) is 6.18. The summed E-state index contributed by atoms with van der Waals surface area (Å²) in [5.74, 6) is -0.953. The quantitative estimate of drug-likeness (QED) is 0.739. The first kappa shape index (κ1) is 11.3. The van der Waals surface area contributed by atoms with E-state index in [1.54, 1.807) is 25.1 Å². The van der Waals surface area contributed by atoms with Crippen LogP contribution in [0.25, 0.3) is 5.70 Å². The third kappa shape index (κ3) is 2.33. The molecule has 1 radical (unpaired) electrons. The van der Waals surface area contributed by atoms with Crippen LogP contribution in [0.2, 0.25) is 0 Å². The lowest BCUT2D eigenvalue weighted by Crippen LogP contribution is -1.91. The average molecular weight is 233 g/mol. The van der Waals surface area contributed by atoms with Crippen molar-refractivity contribution in [2.45, 2.75) is 6.92 Å². The molecule has 1 aromatic rings. The SMILES string of the molecule is CCOC([O])=C1C=C(c2ccccc2F)N=N1. The summed E-state index contributed by atoms with van der Waals surface area (Å²) in [5, 5.41) is 18.8. The summed E-state index contributed by atoms with van der Waals surface area (Å²) in [6.07, 6.45) is 1.41. The van der Waals surface area contributed by atoms with E-state index in [4.69, 9.17) is 4.74 Å². The third-order valence-electron chi connectivity index (χ3n) is 2.17. The molecular formula is C12H10FN2O2. The first-order chi connectivity index (χ1) is 8.22. The van der Waals surface area contributed by atoms with Gasteiger partial charge in [-0.15, -0.1) is 10.2 Å². The summed E-state index contributed by atoms with van der Waals surface area (Å²) in [7, 11) is 0. The molecule has 17 heavy (non-hydrogen) atoms. The largest absolute Gasteiger partial charge is 0.461 e. The van der Waals surface area contributed by atoms with Crippen LogP contribution in [0.4, 0.5) is 4.39 Å². The van der Waals surface area contributed by atoms with E-state index in [9.17, 15) is 9.50 Å². The molecule has 1 heterocycles. The van der Waals surface area contributed by atoms with Crippen molar-refractivity contribution in [3.63, 3.8) is 0 Å². The predicted molar refractivity (Wildman–Crippen MR) is 58.6 cm³/mol. The highest BCUT2D eigenvalue weighted by molar-refractivity contribution is 5.69. The zero-order valence-corrected chi connectivity index (χ0v) is 9.18. The standard InChI is InChI=1S/C12H10FN2O2/c1-2-17-12(16)11-7-10(14-15-11)8-5-3-4-6-9(8)13/h3-7H,2H2,1H3. The number of hydrogen-bond acceptors (Lipinski definition) is 3. The van der Waals surface area contributed by atoms with Crippen LogP contribution in [0.1, 0.15) is 12.5 Å². The molecule has 1 aromatic carbocycles. The van der Waals surface area contributed by atoms with E-state index in [2.05, 4.69) is 10.2 Å². The van der Waals surface area contributed by atoms with Gasteiger partial charge in [-0.05, 0) is 19.1 Å². The molecule has 0 N–H and O–H groups in total. The molecule has 0 amide bonds. The van der Waals surface area contributed by atoms with Gasteiger partial charge >= 0.3 is 5.95 Å². The van der Waals surface area contributed by atoms with Crippen molar-refractivity contribution >= 4 is 5.70 Å². The number of benzene rings is 1. The first-order valence-corrected chi connectivity index (χ1v) is 5.14. The van der Waals surface area contributed by atoms with Crippen LogP contribution in [0.5, 0.6) is 0 Å². The molecule has 0 fully saturated rings. The summed E-state index contributed by atoms with van der Waals surface area (Å²) in [5.41, 5.74) is 0.729. The van der Waals surface area contributed by atoms with E-state index in [-0.39, 0.29) is 12.3 Å². The summed E-state index contributed by atoms with van der Waals surface area (Å²) in [6.45, 7) is 1.97. The fourth-order valence-electron chi connectivity index (χ4n) is 1.40. The summed E-state index contributed by atoms with van der Waals surface area (Å²) in [4.78, 5) is 0. The zero-order valence-electron chi connectivity index (χ0n) is 9.18. The molecule has 0 spiro atoms. The van der Waals surface area contributed by atoms with E-state index in [1.165, 1.54) is 12.1 Å². The molecule has 1 aliphatic heterocycles. The van der Waals surface area contributed by atoms with Crippen molar-refractivity contribution in [1.82, 2.24) is 0 Å². The molecule has 0 bridgehead atoms. The second-order valence-corrected chi connectivity index (χ2v) is 3.32. The van der Waals surface area contributed by atoms with Gasteiger partial charge in [-0.1, -0.05) is 12.1 Å². The molecular weight excluding hydrogens is 223 g/mol. The Kier molecular flexibility index (Phi) is 3.18. The number of nitrogens with zero attached hydrogens (tertiary/aromatic N) is 2. The van der Waals surface area contributed by atoms with E-state index < -0.39 is 11.8 Å². The number of allylic oxidation sites excluding steroid dienone is 1. The van der Waals surface area contributed by atoms with Crippen LogP contribution >= 0.6 is 0 Å². The maximum Gasteiger partial charge on any atom is 0.358 e. The summed E-state index contributed by atoms with van der Waals surface area (Å²) >= 11 is 0. The Morgan fingerprint density at radius 3 is 2.82 bits per heavy atom. The fourth-order valence-corrected chi connectivity index (χ4v) is 1.40. The maximum atomic E-state index is 13.4. The molecule has 2 rings (SSSR count). The second kappa shape index (κ2) is 4.78. The molecule has 0 atom stereocenters. The molecule has 4 nitrogen and oxygen atoms in total. The highest BCUT2D eigenvalue weighted by Gasteiger charge is 2.16. The Morgan fingerprint density at radius 2 is 2.12 bits per heavy atom. The van der Waals surface area contributed by atoms with Gasteiger partial charge in [0.2, 0.25) is 0 Å². The lowest BCUT2D eigenvalue weighted by atomic mass is 10.1. The van der Waals surface area contributed by atoms with Crippen molar-refractivity contribution < 1.29 is 14.2 Å². The normalized spacial score (nSPS) is 16.9. The molecule has 0 aliphatic carbocycles. The Morgan fingerprint density at radius 1 is 1.35 bits per heavy atom. The summed E-state index contributed by atoms with van der Waals surface area (Å²) < 4.78 is 18.2. The van der Waals surface area contributed by atoms with Crippen molar-refractivity contribution in [2.75, 3.05) is 6.61 Å². The van der Waals surface area contributed by atoms with Gasteiger partial charge in [0.1, 0.15) is 5.82 Å². The zero-order chi connectivity index (χ0) is 12.3. The van der Waals surface area contributed by atoms with Crippen LogP contribution in [-0.4, -0.2) is 6.61 Å². The minimum absolute atomic E-state index is 0.0881. The van der Waals surface area contributed by atoms with Gasteiger partial charge in [-0.25, -0.2) is 9.50 Å². The van der Waals surface area contributed by atoms with Gasteiger partial charge < -0.3 is 4.74 Å². The van der Waals surface area contributed by atoms with Crippen LogP contribution in [-0.2, 0) is 9.84 Å². The van der Waals surface area contributed by atoms with Crippen LogP contribution in [0, 0.1) is 5.82 Å². The Labute approximate surface area is 97.8 Å². The van der Waals surface area contributed by atoms with Crippen LogP contribution < -0.4 is 0 Å². The molecule has 1 aliphatic rings. The van der Waals surface area contributed by atoms with Gasteiger partial charge in [0.15, 0.2) is 5.70 Å². The van der Waals surface area contributed by atoms with Crippen LogP contribution in [0.15, 0.2) is 52.2 Å². The Hall–Kier alpha value is -2.17. The molecule has 0 aromatic heterocycles. The van der Waals surface area contributed by atoms with E-state index in [1.807, 2.05) is 0 Å². The van der Waals surface area contributed by atoms with E-state index in [0.717, 1.165) is 0 Å². The highest BCUT2D eigenvalue weighted by Crippen LogP contribution is 2.28. The average Bonchev–Trinajstić information content (AvgIpc) is 2.79. The number of ether oxygens (including phenoxy) is 1. The minimum Gasteiger partial charge on any atom is -0.461 e. The smallest absolute Gasteiger partial charge is 0.358 e. The number of azo groups is 1. The van der Waals surface area contributed by atoms with Gasteiger partial charge in [-0.3, -0.25) is 0 Å². The molecule has 87 valence electrons. The lowest BCUT2D eigenvalue weighted by molar-refractivity contribution is 0.0565. The van der Waals surface area contributed by atoms with Crippen molar-refractivity contribution in [3.8, 4) is 0 Å². The maximum absolute atomic E-state index is 13.4. The van der Waals surface area contributed by atoms with Crippen molar-refractivity contribution in [1.29, 1.82) is 0 Å². The predicted octanol–water partition coefficient (Wildman–Crippen LogP) is 3.27. The second-order valence-electron chi connectivity index (χ2n) is 3.32. The van der Waals surface area contributed by atoms with Crippen molar-refractivity contribution in [2.24, 2.45) is 10.2 Å². The number of rotatable bonds is 3. The minimum atomic E-state index is -0.553. The van der Waals surface area contributed by atoms with E-state index >= 15 is 0 Å². The molecule has 5 heteroatoms. The Bertz CT molecular complexity index is 521. The van der Waals surface area contributed by atoms with Gasteiger partial charge in [0, 0.05) is 11.6 Å². The van der Waals surface area contributed by atoms with Crippen LogP contribution in [0.3, 0.4) is 0 Å². The van der Waals surface area contributed by atoms with E-state index in [0.29, 0.717) is 11.3 Å². The van der Waals surface area contributed by atoms with Gasteiger partial charge in [-0.2, -0.15) is 0 Å². The topological polar surface area (TPSA) is 53.8 Å². The molecule has 0 unspecified atom stereocenters. The molecule has 0 saturated carbocycles. The van der Waals surface area contributed by atoms with Gasteiger partial charge in [0.05, 0.1) is 12.3 Å². The van der Waals surface area contributed by atoms with Gasteiger partial charge in [0.25, 0.3) is 0 Å². The van der Waals surface area contributed by atoms with Crippen molar-refractivity contribution in [3.05, 3.63) is 53.4 Å².